The lowest BCUT2D eigenvalue weighted by molar-refractivity contribution is 0.298. The highest BCUT2D eigenvalue weighted by Crippen LogP contribution is 2.38. The molecule has 3 aromatic heterocycles. The summed E-state index contributed by atoms with van der Waals surface area (Å²) in [6.45, 7) is 1.21. The van der Waals surface area contributed by atoms with Crippen LogP contribution in [0.3, 0.4) is 0 Å². The molecule has 0 atom stereocenters. The number of imidazole rings is 1. The molecule has 166 valence electrons. The lowest BCUT2D eigenvalue weighted by Gasteiger charge is -2.10. The van der Waals surface area contributed by atoms with Gasteiger partial charge in [0.05, 0.1) is 31.1 Å². The van der Waals surface area contributed by atoms with E-state index in [-0.39, 0.29) is 5.75 Å². The van der Waals surface area contributed by atoms with Crippen molar-refractivity contribution in [2.75, 3.05) is 19.5 Å². The summed E-state index contributed by atoms with van der Waals surface area (Å²) in [5.41, 5.74) is 9.33. The maximum atomic E-state index is 10.3. The molecule has 0 amide bonds. The van der Waals surface area contributed by atoms with Crippen LogP contribution >= 0.6 is 0 Å². The number of aromatic hydroxyl groups is 1. The molecule has 0 bridgehead atoms. The van der Waals surface area contributed by atoms with Gasteiger partial charge in [0, 0.05) is 30.2 Å². The fourth-order valence-corrected chi connectivity index (χ4v) is 3.77. The van der Waals surface area contributed by atoms with E-state index in [2.05, 4.69) is 15.0 Å². The van der Waals surface area contributed by atoms with Gasteiger partial charge in [-0.2, -0.15) is 0 Å². The lowest BCUT2D eigenvalue weighted by Crippen LogP contribution is -2.06. The number of ether oxygens (including phenoxy) is 2. The van der Waals surface area contributed by atoms with Gasteiger partial charge in [-0.25, -0.2) is 15.0 Å². The van der Waals surface area contributed by atoms with Gasteiger partial charge in [-0.1, -0.05) is 12.1 Å². The van der Waals surface area contributed by atoms with Crippen LogP contribution in [0.15, 0.2) is 73.7 Å². The van der Waals surface area contributed by atoms with Gasteiger partial charge in [-0.05, 0) is 29.8 Å². The van der Waals surface area contributed by atoms with E-state index in [1.165, 1.54) is 13.4 Å². The predicted octanol–water partition coefficient (Wildman–Crippen LogP) is 3.66. The number of nitrogens with zero attached hydrogens (tertiary/aromatic N) is 5. The van der Waals surface area contributed by atoms with Crippen LogP contribution in [-0.2, 0) is 6.54 Å². The van der Waals surface area contributed by atoms with E-state index in [0.717, 1.165) is 22.6 Å². The average Bonchev–Trinajstić information content (AvgIpc) is 3.48. The minimum Gasteiger partial charge on any atom is -0.504 e. The molecule has 3 N–H and O–H groups in total. The molecule has 2 aromatic carbocycles. The maximum Gasteiger partial charge on any atom is 0.160 e. The molecule has 5 aromatic rings. The molecule has 3 heterocycles. The number of hydrogen-bond donors (Lipinski definition) is 2. The van der Waals surface area contributed by atoms with Crippen LogP contribution < -0.4 is 15.2 Å². The van der Waals surface area contributed by atoms with Crippen molar-refractivity contribution in [3.05, 3.63) is 73.7 Å². The summed E-state index contributed by atoms with van der Waals surface area (Å²) in [5, 5.41) is 11.0. The first kappa shape index (κ1) is 20.4. The Morgan fingerprint density at radius 1 is 1.12 bits per heavy atom. The zero-order chi connectivity index (χ0) is 22.8. The van der Waals surface area contributed by atoms with Crippen LogP contribution in [0.5, 0.6) is 17.2 Å². The fourth-order valence-electron chi connectivity index (χ4n) is 3.77. The second kappa shape index (κ2) is 8.54. The van der Waals surface area contributed by atoms with Gasteiger partial charge >= 0.3 is 0 Å². The Morgan fingerprint density at radius 3 is 2.82 bits per heavy atom. The predicted molar refractivity (Wildman–Crippen MR) is 125 cm³/mol. The molecule has 0 aliphatic rings. The number of phenolic OH excluding ortho intramolecular Hbond substituents is 1. The van der Waals surface area contributed by atoms with E-state index in [4.69, 9.17) is 15.2 Å². The number of phenols is 1. The largest absolute Gasteiger partial charge is 0.504 e. The molecule has 5 rings (SSSR count). The van der Waals surface area contributed by atoms with Gasteiger partial charge < -0.3 is 29.4 Å². The number of nitrogen functional groups attached to an aromatic ring is 1. The molecule has 0 aliphatic heterocycles. The summed E-state index contributed by atoms with van der Waals surface area (Å²) >= 11 is 0. The first-order chi connectivity index (χ1) is 16.1. The molecule has 0 spiro atoms. The number of hydrogen-bond acceptors (Lipinski definition) is 7. The second-order valence-corrected chi connectivity index (χ2v) is 7.40. The normalized spacial score (nSPS) is 11.1. The Balaban J connectivity index is 1.53. The minimum atomic E-state index is 0.0413. The summed E-state index contributed by atoms with van der Waals surface area (Å²) in [4.78, 5) is 12.7. The maximum absolute atomic E-state index is 10.3. The van der Waals surface area contributed by atoms with E-state index in [1.807, 2.05) is 51.9 Å². The quantitative estimate of drug-likeness (QED) is 0.395. The molecule has 0 saturated carbocycles. The molecule has 0 fully saturated rings. The van der Waals surface area contributed by atoms with E-state index >= 15 is 0 Å². The number of benzene rings is 2. The van der Waals surface area contributed by atoms with Crippen LogP contribution in [0.1, 0.15) is 0 Å². The van der Waals surface area contributed by atoms with Crippen LogP contribution in [0, 0.1) is 0 Å². The van der Waals surface area contributed by atoms with Crippen LogP contribution in [-0.4, -0.2) is 42.9 Å². The highest BCUT2D eigenvalue weighted by atomic mass is 16.5. The van der Waals surface area contributed by atoms with Crippen LogP contribution in [0.2, 0.25) is 0 Å². The standard InChI is InChI=1S/C24H22N6O3/c1-32-21-6-5-16(11-20(21)31)19-13-30(24-22(19)23(25)27-14-28-24)17-3-2-4-18(12-17)33-10-9-29-8-7-26-15-29/h2-8,11-15,31H,9-10H2,1H3,(H2,25,27,28). The van der Waals surface area contributed by atoms with Gasteiger partial charge in [-0.15, -0.1) is 0 Å². The Labute approximate surface area is 189 Å². The third-order valence-electron chi connectivity index (χ3n) is 5.38. The average molecular weight is 442 g/mol. The summed E-state index contributed by atoms with van der Waals surface area (Å²) in [6, 6.07) is 13.0. The van der Waals surface area contributed by atoms with Crippen LogP contribution in [0.4, 0.5) is 5.82 Å². The van der Waals surface area contributed by atoms with Gasteiger partial charge in [0.1, 0.15) is 24.5 Å². The molecule has 0 radical (unpaired) electrons. The third kappa shape index (κ3) is 3.91. The molecule has 9 heteroatoms. The molecule has 0 unspecified atom stereocenters. The minimum absolute atomic E-state index is 0.0413. The fraction of sp³-hybridized carbons (Fsp3) is 0.125. The summed E-state index contributed by atoms with van der Waals surface area (Å²) in [5.74, 6) is 1.53. The van der Waals surface area contributed by atoms with Crippen molar-refractivity contribution in [1.29, 1.82) is 0 Å². The molecular weight excluding hydrogens is 420 g/mol. The Kier molecular flexibility index (Phi) is 5.27. The van der Waals surface area contributed by atoms with E-state index in [0.29, 0.717) is 35.8 Å². The lowest BCUT2D eigenvalue weighted by atomic mass is 10.1. The van der Waals surface area contributed by atoms with E-state index < -0.39 is 0 Å². The smallest absolute Gasteiger partial charge is 0.160 e. The molecular formula is C24H22N6O3. The number of anilines is 1. The van der Waals surface area contributed by atoms with Crippen molar-refractivity contribution in [3.63, 3.8) is 0 Å². The molecule has 0 saturated heterocycles. The highest BCUT2D eigenvalue weighted by Gasteiger charge is 2.17. The summed E-state index contributed by atoms with van der Waals surface area (Å²) in [7, 11) is 1.51. The number of fused-ring (bicyclic) bond motifs is 1. The Bertz CT molecular complexity index is 1410. The molecule has 0 aliphatic carbocycles. The number of aromatic nitrogens is 5. The van der Waals surface area contributed by atoms with Gasteiger partial charge in [0.2, 0.25) is 0 Å². The molecule has 33 heavy (non-hydrogen) atoms. The number of methoxy groups -OCH3 is 1. The molecule has 9 nitrogen and oxygen atoms in total. The first-order valence-corrected chi connectivity index (χ1v) is 10.3. The topological polar surface area (TPSA) is 113 Å². The monoisotopic (exact) mass is 442 g/mol. The number of nitrogens with two attached hydrogens (primary N) is 1. The van der Waals surface area contributed by atoms with Crippen molar-refractivity contribution < 1.29 is 14.6 Å². The second-order valence-electron chi connectivity index (χ2n) is 7.40. The SMILES string of the molecule is COc1ccc(-c2cn(-c3cccc(OCCn4ccnc4)c3)c3ncnc(N)c23)cc1O. The van der Waals surface area contributed by atoms with Crippen molar-refractivity contribution in [1.82, 2.24) is 24.1 Å². The van der Waals surface area contributed by atoms with Crippen molar-refractivity contribution >= 4 is 16.9 Å². The van der Waals surface area contributed by atoms with E-state index in [9.17, 15) is 5.11 Å². The summed E-state index contributed by atoms with van der Waals surface area (Å²) in [6.07, 6.45) is 8.77. The van der Waals surface area contributed by atoms with E-state index in [1.54, 1.807) is 24.7 Å². The van der Waals surface area contributed by atoms with Crippen LogP contribution in [0.25, 0.3) is 27.8 Å². The summed E-state index contributed by atoms with van der Waals surface area (Å²) < 4.78 is 15.0. The third-order valence-corrected chi connectivity index (χ3v) is 5.38. The Hall–Kier alpha value is -4.53. The zero-order valence-electron chi connectivity index (χ0n) is 17.9. The van der Waals surface area contributed by atoms with Crippen molar-refractivity contribution in [2.45, 2.75) is 6.54 Å². The van der Waals surface area contributed by atoms with Crippen molar-refractivity contribution in [2.24, 2.45) is 0 Å². The van der Waals surface area contributed by atoms with Gasteiger partial charge in [-0.3, -0.25) is 0 Å². The van der Waals surface area contributed by atoms with Crippen molar-refractivity contribution in [3.8, 4) is 34.1 Å². The highest BCUT2D eigenvalue weighted by molar-refractivity contribution is 6.01. The zero-order valence-corrected chi connectivity index (χ0v) is 17.9. The number of rotatable bonds is 7. The Morgan fingerprint density at radius 2 is 2.03 bits per heavy atom. The van der Waals surface area contributed by atoms with Gasteiger partial charge in [0.15, 0.2) is 17.1 Å². The van der Waals surface area contributed by atoms with Gasteiger partial charge in [0.25, 0.3) is 0 Å². The first-order valence-electron chi connectivity index (χ1n) is 10.3.